The quantitative estimate of drug-likeness (QED) is 0.867. The molecule has 1 unspecified atom stereocenters. The Labute approximate surface area is 100 Å². The summed E-state index contributed by atoms with van der Waals surface area (Å²) in [4.78, 5) is 13.3. The van der Waals surface area contributed by atoms with Gasteiger partial charge in [-0.05, 0) is 25.5 Å². The molecule has 0 aromatic heterocycles. The Bertz CT molecular complexity index is 408. The number of nitrogens with two attached hydrogens (primary N) is 1. The van der Waals surface area contributed by atoms with Crippen LogP contribution in [0.4, 0.5) is 4.39 Å². The van der Waals surface area contributed by atoms with Gasteiger partial charge in [0.2, 0.25) is 5.91 Å². The van der Waals surface area contributed by atoms with Crippen molar-refractivity contribution in [3.63, 3.8) is 0 Å². The number of hydrogen-bond donors (Lipinski definition) is 1. The monoisotopic (exact) mass is 236 g/mol. The second kappa shape index (κ2) is 5.27. The first-order valence-electron chi connectivity index (χ1n) is 5.95. The van der Waals surface area contributed by atoms with Crippen LogP contribution in [-0.4, -0.2) is 23.4 Å². The fourth-order valence-corrected chi connectivity index (χ4v) is 2.35. The number of amides is 1. The van der Waals surface area contributed by atoms with E-state index in [-0.39, 0.29) is 17.8 Å². The summed E-state index contributed by atoms with van der Waals surface area (Å²) in [7, 11) is 0. The van der Waals surface area contributed by atoms with Gasteiger partial charge in [0, 0.05) is 12.1 Å². The van der Waals surface area contributed by atoms with E-state index in [2.05, 4.69) is 0 Å². The highest BCUT2D eigenvalue weighted by molar-refractivity contribution is 5.79. The molecule has 1 fully saturated rings. The lowest BCUT2D eigenvalue weighted by atomic mass is 10.0. The maximum absolute atomic E-state index is 13.5. The van der Waals surface area contributed by atoms with Crippen LogP contribution in [0.3, 0.4) is 0 Å². The maximum atomic E-state index is 13.5. The number of likely N-dealkylation sites (tertiary alicyclic amines) is 1. The summed E-state index contributed by atoms with van der Waals surface area (Å²) in [6, 6.07) is 6.42. The van der Waals surface area contributed by atoms with E-state index in [1.165, 1.54) is 6.07 Å². The second-order valence-corrected chi connectivity index (χ2v) is 4.48. The van der Waals surface area contributed by atoms with Crippen molar-refractivity contribution in [2.24, 2.45) is 5.73 Å². The van der Waals surface area contributed by atoms with Crippen LogP contribution < -0.4 is 5.73 Å². The average molecular weight is 236 g/mol. The highest BCUT2D eigenvalue weighted by Crippen LogP contribution is 2.20. The fraction of sp³-hybridized carbons (Fsp3) is 0.462. The van der Waals surface area contributed by atoms with Crippen molar-refractivity contribution in [2.75, 3.05) is 6.54 Å². The molecule has 1 aromatic carbocycles. The minimum absolute atomic E-state index is 0.221. The molecule has 4 heteroatoms. The maximum Gasteiger partial charge on any atom is 0.234 e. The third-order valence-electron chi connectivity index (χ3n) is 3.27. The van der Waals surface area contributed by atoms with Crippen molar-refractivity contribution < 1.29 is 9.18 Å². The predicted molar refractivity (Wildman–Crippen MR) is 63.6 cm³/mol. The molecule has 1 aliphatic heterocycles. The molecule has 2 N–H and O–H groups in total. The Hall–Kier alpha value is -1.42. The molecule has 1 atom stereocenters. The lowest BCUT2D eigenvalue weighted by Crippen LogP contribution is -2.47. The van der Waals surface area contributed by atoms with Gasteiger partial charge in [0.25, 0.3) is 0 Å². The summed E-state index contributed by atoms with van der Waals surface area (Å²) in [5.41, 5.74) is 6.00. The van der Waals surface area contributed by atoms with Crippen LogP contribution in [0.25, 0.3) is 0 Å². The van der Waals surface area contributed by atoms with Crippen molar-refractivity contribution in [2.45, 2.75) is 31.8 Å². The zero-order valence-corrected chi connectivity index (χ0v) is 9.73. The highest BCUT2D eigenvalue weighted by Gasteiger charge is 2.27. The summed E-state index contributed by atoms with van der Waals surface area (Å²) < 4.78 is 13.5. The zero-order chi connectivity index (χ0) is 12.3. The molecule has 0 radical (unpaired) electrons. The molecule has 2 rings (SSSR count). The van der Waals surface area contributed by atoms with E-state index in [0.717, 1.165) is 25.8 Å². The lowest BCUT2D eigenvalue weighted by Gasteiger charge is -2.33. The number of nitrogens with zero attached hydrogens (tertiary/aromatic N) is 1. The normalized spacial score (nSPS) is 21.4. The average Bonchev–Trinajstić information content (AvgIpc) is 2.32. The third-order valence-corrected chi connectivity index (χ3v) is 3.27. The Morgan fingerprint density at radius 2 is 2.18 bits per heavy atom. The van der Waals surface area contributed by atoms with E-state index in [4.69, 9.17) is 5.73 Å². The van der Waals surface area contributed by atoms with Gasteiger partial charge in [-0.25, -0.2) is 4.39 Å². The van der Waals surface area contributed by atoms with Gasteiger partial charge in [0.05, 0.1) is 6.04 Å². The number of primary amides is 1. The predicted octanol–water partition coefficient (Wildman–Crippen LogP) is 1.67. The van der Waals surface area contributed by atoms with Gasteiger partial charge in [0.15, 0.2) is 0 Å². The van der Waals surface area contributed by atoms with E-state index in [1.807, 2.05) is 11.0 Å². The molecule has 0 bridgehead atoms. The molecule has 0 aliphatic carbocycles. The molecular weight excluding hydrogens is 219 g/mol. The largest absolute Gasteiger partial charge is 0.368 e. The minimum Gasteiger partial charge on any atom is -0.368 e. The van der Waals surface area contributed by atoms with Crippen molar-refractivity contribution in [3.05, 3.63) is 35.6 Å². The van der Waals surface area contributed by atoms with Gasteiger partial charge in [0.1, 0.15) is 5.82 Å². The van der Waals surface area contributed by atoms with Gasteiger partial charge in [-0.3, -0.25) is 9.69 Å². The Balaban J connectivity index is 2.11. The van der Waals surface area contributed by atoms with Gasteiger partial charge in [-0.2, -0.15) is 0 Å². The van der Waals surface area contributed by atoms with Crippen molar-refractivity contribution in [1.29, 1.82) is 0 Å². The zero-order valence-electron chi connectivity index (χ0n) is 9.73. The molecule has 1 aliphatic rings. The second-order valence-electron chi connectivity index (χ2n) is 4.48. The molecule has 1 saturated heterocycles. The van der Waals surface area contributed by atoms with Gasteiger partial charge in [-0.1, -0.05) is 24.6 Å². The van der Waals surface area contributed by atoms with Crippen LogP contribution >= 0.6 is 0 Å². The van der Waals surface area contributed by atoms with Crippen LogP contribution in [0, 0.1) is 5.82 Å². The van der Waals surface area contributed by atoms with Crippen LogP contribution in [0.15, 0.2) is 24.3 Å². The first-order chi connectivity index (χ1) is 8.18. The van der Waals surface area contributed by atoms with Crippen molar-refractivity contribution in [3.8, 4) is 0 Å². The molecule has 0 spiro atoms. The summed E-state index contributed by atoms with van der Waals surface area (Å²) in [5, 5.41) is 0. The van der Waals surface area contributed by atoms with E-state index in [9.17, 15) is 9.18 Å². The van der Waals surface area contributed by atoms with E-state index < -0.39 is 0 Å². The summed E-state index contributed by atoms with van der Waals surface area (Å²) in [6.07, 6.45) is 2.84. The smallest absolute Gasteiger partial charge is 0.234 e. The number of piperidine rings is 1. The van der Waals surface area contributed by atoms with Crippen LogP contribution in [0.2, 0.25) is 0 Å². The first kappa shape index (κ1) is 12.0. The van der Waals surface area contributed by atoms with Crippen LogP contribution in [0.1, 0.15) is 24.8 Å². The Kier molecular flexibility index (Phi) is 3.74. The lowest BCUT2D eigenvalue weighted by molar-refractivity contribution is -0.124. The SMILES string of the molecule is NC(=O)C1CCCCN1Cc1ccccc1F. The molecule has 1 aromatic rings. The van der Waals surface area contributed by atoms with Gasteiger partial charge >= 0.3 is 0 Å². The Morgan fingerprint density at radius 1 is 1.41 bits per heavy atom. The van der Waals surface area contributed by atoms with Crippen LogP contribution in [-0.2, 0) is 11.3 Å². The number of benzene rings is 1. The number of carbonyl (C=O) groups excluding carboxylic acids is 1. The number of halogens is 1. The highest BCUT2D eigenvalue weighted by atomic mass is 19.1. The number of carbonyl (C=O) groups is 1. The molecular formula is C13H17FN2O. The Morgan fingerprint density at radius 3 is 2.88 bits per heavy atom. The summed E-state index contributed by atoms with van der Waals surface area (Å²) in [6.45, 7) is 1.27. The van der Waals surface area contributed by atoms with E-state index in [0.29, 0.717) is 12.1 Å². The van der Waals surface area contributed by atoms with Gasteiger partial charge in [-0.15, -0.1) is 0 Å². The molecule has 0 saturated carbocycles. The van der Waals surface area contributed by atoms with E-state index in [1.54, 1.807) is 12.1 Å². The third kappa shape index (κ3) is 2.82. The summed E-state index contributed by atoms with van der Waals surface area (Å²) in [5.74, 6) is -0.526. The minimum atomic E-state index is -0.305. The molecule has 1 heterocycles. The number of rotatable bonds is 3. The van der Waals surface area contributed by atoms with Crippen molar-refractivity contribution >= 4 is 5.91 Å². The molecule has 17 heavy (non-hydrogen) atoms. The topological polar surface area (TPSA) is 46.3 Å². The fourth-order valence-electron chi connectivity index (χ4n) is 2.35. The molecule has 3 nitrogen and oxygen atoms in total. The van der Waals surface area contributed by atoms with Crippen LogP contribution in [0.5, 0.6) is 0 Å². The van der Waals surface area contributed by atoms with Crippen molar-refractivity contribution in [1.82, 2.24) is 4.90 Å². The van der Waals surface area contributed by atoms with Gasteiger partial charge < -0.3 is 5.73 Å². The first-order valence-corrected chi connectivity index (χ1v) is 5.95. The molecule has 92 valence electrons. The summed E-state index contributed by atoms with van der Waals surface area (Å²) >= 11 is 0. The number of hydrogen-bond acceptors (Lipinski definition) is 2. The molecule has 1 amide bonds. The standard InChI is InChI=1S/C13H17FN2O/c14-11-6-2-1-5-10(11)9-16-8-4-3-7-12(16)13(15)17/h1-2,5-6,12H,3-4,7-9H2,(H2,15,17). The van der Waals surface area contributed by atoms with E-state index >= 15 is 0 Å².